The van der Waals surface area contributed by atoms with Crippen molar-refractivity contribution >= 4 is 16.7 Å². The summed E-state index contributed by atoms with van der Waals surface area (Å²) in [6.45, 7) is 3.34. The molecule has 6 nitrogen and oxygen atoms in total. The minimum absolute atomic E-state index is 0.151. The van der Waals surface area contributed by atoms with Crippen LogP contribution in [-0.4, -0.2) is 46.6 Å². The van der Waals surface area contributed by atoms with Crippen LogP contribution < -0.4 is 9.64 Å². The van der Waals surface area contributed by atoms with E-state index >= 15 is 0 Å². The number of aliphatic hydroxyl groups is 1. The predicted molar refractivity (Wildman–Crippen MR) is 97.0 cm³/mol. The lowest BCUT2D eigenvalue weighted by Gasteiger charge is -2.18. The monoisotopic (exact) mass is 338 g/mol. The number of H-pyrrole nitrogens is 1. The Kier molecular flexibility index (Phi) is 4.05. The van der Waals surface area contributed by atoms with E-state index in [1.807, 2.05) is 37.3 Å². The number of aromatic nitrogens is 3. The molecule has 0 amide bonds. The molecule has 2 aromatic heterocycles. The van der Waals surface area contributed by atoms with E-state index in [0.29, 0.717) is 6.54 Å². The molecule has 1 fully saturated rings. The second kappa shape index (κ2) is 6.37. The van der Waals surface area contributed by atoms with Crippen LogP contribution in [0.2, 0.25) is 0 Å². The number of nitrogens with one attached hydrogen (secondary N) is 1. The van der Waals surface area contributed by atoms with Gasteiger partial charge in [0.1, 0.15) is 17.1 Å². The molecule has 1 aliphatic heterocycles. The molecule has 3 aromatic rings. The number of pyridine rings is 1. The average Bonchev–Trinajstić information content (AvgIpc) is 3.20. The highest BCUT2D eigenvalue weighted by Crippen LogP contribution is 2.29. The van der Waals surface area contributed by atoms with E-state index in [9.17, 15) is 5.11 Å². The number of benzene rings is 1. The van der Waals surface area contributed by atoms with Gasteiger partial charge in [0, 0.05) is 30.1 Å². The Balaban J connectivity index is 1.57. The SMILES string of the molecule is COc1cccc2ccc(N3C[C@@H](Cc4cc(C)[nH]n4)[C@@H](O)C3)nc12. The number of rotatable bonds is 4. The van der Waals surface area contributed by atoms with Crippen molar-refractivity contribution in [3.8, 4) is 5.75 Å². The van der Waals surface area contributed by atoms with Crippen molar-refractivity contribution in [3.05, 3.63) is 47.8 Å². The molecule has 0 saturated carbocycles. The Labute approximate surface area is 146 Å². The summed E-state index contributed by atoms with van der Waals surface area (Å²) in [5.41, 5.74) is 2.89. The van der Waals surface area contributed by atoms with E-state index < -0.39 is 0 Å². The standard InChI is InChI=1S/C19H22N4O2/c1-12-8-15(22-21-12)9-14-10-23(11-16(14)24)18-7-6-13-4-3-5-17(25-2)19(13)20-18/h3-8,14,16,24H,9-11H2,1-2H3,(H,21,22)/t14-,16+/m1/s1. The zero-order chi connectivity index (χ0) is 17.4. The van der Waals surface area contributed by atoms with E-state index in [0.717, 1.165) is 46.8 Å². The van der Waals surface area contributed by atoms with Gasteiger partial charge in [0.15, 0.2) is 0 Å². The van der Waals surface area contributed by atoms with Crippen molar-refractivity contribution in [1.29, 1.82) is 0 Å². The van der Waals surface area contributed by atoms with Gasteiger partial charge in [-0.15, -0.1) is 0 Å². The Morgan fingerprint density at radius 3 is 2.92 bits per heavy atom. The number of aryl methyl sites for hydroxylation is 1. The van der Waals surface area contributed by atoms with Crippen molar-refractivity contribution in [3.63, 3.8) is 0 Å². The number of nitrogens with zero attached hydrogens (tertiary/aromatic N) is 3. The highest BCUT2D eigenvalue weighted by atomic mass is 16.5. The first-order valence-corrected chi connectivity index (χ1v) is 8.51. The number of aromatic amines is 1. The number of aliphatic hydroxyl groups excluding tert-OH is 1. The number of methoxy groups -OCH3 is 1. The van der Waals surface area contributed by atoms with Crippen LogP contribution in [0.3, 0.4) is 0 Å². The number of fused-ring (bicyclic) bond motifs is 1. The molecule has 3 heterocycles. The summed E-state index contributed by atoms with van der Waals surface area (Å²) in [5, 5.41) is 18.8. The number of para-hydroxylation sites is 1. The van der Waals surface area contributed by atoms with Crippen LogP contribution in [0.5, 0.6) is 5.75 Å². The Morgan fingerprint density at radius 1 is 1.28 bits per heavy atom. The van der Waals surface area contributed by atoms with Crippen LogP contribution in [0.15, 0.2) is 36.4 Å². The molecule has 1 saturated heterocycles. The van der Waals surface area contributed by atoms with Gasteiger partial charge in [-0.2, -0.15) is 5.10 Å². The topological polar surface area (TPSA) is 74.3 Å². The fourth-order valence-corrected chi connectivity index (χ4v) is 3.54. The zero-order valence-electron chi connectivity index (χ0n) is 14.4. The smallest absolute Gasteiger partial charge is 0.145 e. The summed E-state index contributed by atoms with van der Waals surface area (Å²) in [7, 11) is 1.66. The quantitative estimate of drug-likeness (QED) is 0.764. The minimum Gasteiger partial charge on any atom is -0.494 e. The lowest BCUT2D eigenvalue weighted by Crippen LogP contribution is -2.22. The minimum atomic E-state index is -0.382. The molecule has 2 atom stereocenters. The summed E-state index contributed by atoms with van der Waals surface area (Å²) in [4.78, 5) is 6.92. The van der Waals surface area contributed by atoms with Crippen molar-refractivity contribution in [1.82, 2.24) is 15.2 Å². The first-order valence-electron chi connectivity index (χ1n) is 8.51. The van der Waals surface area contributed by atoms with Crippen LogP contribution >= 0.6 is 0 Å². The molecule has 0 radical (unpaired) electrons. The third-order valence-electron chi connectivity index (χ3n) is 4.85. The number of hydrogen-bond acceptors (Lipinski definition) is 5. The Morgan fingerprint density at radius 2 is 2.16 bits per heavy atom. The molecule has 0 bridgehead atoms. The molecular weight excluding hydrogens is 316 g/mol. The van der Waals surface area contributed by atoms with Crippen LogP contribution in [0.25, 0.3) is 10.9 Å². The van der Waals surface area contributed by atoms with Crippen LogP contribution in [0.1, 0.15) is 11.4 Å². The first kappa shape index (κ1) is 15.9. The van der Waals surface area contributed by atoms with Gasteiger partial charge in [-0.1, -0.05) is 12.1 Å². The van der Waals surface area contributed by atoms with E-state index in [2.05, 4.69) is 21.2 Å². The predicted octanol–water partition coefficient (Wildman–Crippen LogP) is 2.31. The van der Waals surface area contributed by atoms with Gasteiger partial charge in [-0.25, -0.2) is 4.98 Å². The lowest BCUT2D eigenvalue weighted by molar-refractivity contribution is 0.148. The number of β-amino-alcohol motifs (C(OH)–C–C–N with tert-alkyl or cyclic N) is 1. The fraction of sp³-hybridized carbons (Fsp3) is 0.368. The van der Waals surface area contributed by atoms with Gasteiger partial charge in [0.05, 0.1) is 18.9 Å². The molecule has 0 spiro atoms. The Bertz CT molecular complexity index is 892. The molecule has 1 aromatic carbocycles. The van der Waals surface area contributed by atoms with Crippen LogP contribution in [0.4, 0.5) is 5.82 Å². The normalized spacial score (nSPS) is 20.4. The van der Waals surface area contributed by atoms with E-state index in [-0.39, 0.29) is 12.0 Å². The molecule has 130 valence electrons. The van der Waals surface area contributed by atoms with Crippen LogP contribution in [-0.2, 0) is 6.42 Å². The summed E-state index contributed by atoms with van der Waals surface area (Å²) in [6.07, 6.45) is 0.381. The summed E-state index contributed by atoms with van der Waals surface area (Å²) in [6, 6.07) is 12.0. The molecule has 6 heteroatoms. The highest BCUT2D eigenvalue weighted by molar-refractivity contribution is 5.86. The highest BCUT2D eigenvalue weighted by Gasteiger charge is 2.32. The van der Waals surface area contributed by atoms with Crippen LogP contribution in [0, 0.1) is 12.8 Å². The van der Waals surface area contributed by atoms with Crippen molar-refractivity contribution in [2.24, 2.45) is 5.92 Å². The van der Waals surface area contributed by atoms with E-state index in [4.69, 9.17) is 9.72 Å². The third-order valence-corrected chi connectivity index (χ3v) is 4.85. The maximum Gasteiger partial charge on any atom is 0.145 e. The van der Waals surface area contributed by atoms with Gasteiger partial charge in [-0.05, 0) is 37.6 Å². The summed E-state index contributed by atoms with van der Waals surface area (Å²) < 4.78 is 5.43. The number of hydrogen-bond donors (Lipinski definition) is 2. The largest absolute Gasteiger partial charge is 0.494 e. The molecule has 0 unspecified atom stereocenters. The second-order valence-corrected chi connectivity index (χ2v) is 6.68. The van der Waals surface area contributed by atoms with Crippen molar-refractivity contribution < 1.29 is 9.84 Å². The Hall–Kier alpha value is -2.60. The third kappa shape index (κ3) is 3.05. The average molecular weight is 338 g/mol. The maximum absolute atomic E-state index is 10.5. The van der Waals surface area contributed by atoms with E-state index in [1.165, 1.54) is 0 Å². The molecule has 1 aliphatic rings. The number of anilines is 1. The van der Waals surface area contributed by atoms with Gasteiger partial charge >= 0.3 is 0 Å². The first-order chi connectivity index (χ1) is 12.1. The van der Waals surface area contributed by atoms with Crippen molar-refractivity contribution in [2.75, 3.05) is 25.1 Å². The second-order valence-electron chi connectivity index (χ2n) is 6.68. The molecule has 25 heavy (non-hydrogen) atoms. The van der Waals surface area contributed by atoms with Gasteiger partial charge < -0.3 is 14.7 Å². The molecule has 0 aliphatic carbocycles. The van der Waals surface area contributed by atoms with Crippen molar-refractivity contribution in [2.45, 2.75) is 19.4 Å². The fourth-order valence-electron chi connectivity index (χ4n) is 3.54. The summed E-state index contributed by atoms with van der Waals surface area (Å²) >= 11 is 0. The number of ether oxygens (including phenoxy) is 1. The molecule has 4 rings (SSSR count). The van der Waals surface area contributed by atoms with Gasteiger partial charge in [0.25, 0.3) is 0 Å². The maximum atomic E-state index is 10.5. The van der Waals surface area contributed by atoms with E-state index in [1.54, 1.807) is 7.11 Å². The molecular formula is C19H22N4O2. The zero-order valence-corrected chi connectivity index (χ0v) is 14.4. The summed E-state index contributed by atoms with van der Waals surface area (Å²) in [5.74, 6) is 1.79. The lowest BCUT2D eigenvalue weighted by atomic mass is 10.0. The van der Waals surface area contributed by atoms with Gasteiger partial charge in [-0.3, -0.25) is 5.10 Å². The van der Waals surface area contributed by atoms with Gasteiger partial charge in [0.2, 0.25) is 0 Å². The molecule has 2 N–H and O–H groups in total.